The Bertz CT molecular complexity index is 371. The van der Waals surface area contributed by atoms with Crippen LogP contribution in [-0.2, 0) is 0 Å². The second-order valence-electron chi connectivity index (χ2n) is 5.05. The molecule has 0 saturated heterocycles. The predicted molar refractivity (Wildman–Crippen MR) is 63.7 cm³/mol. The lowest BCUT2D eigenvalue weighted by Crippen LogP contribution is -2.16. The first-order valence-corrected chi connectivity index (χ1v) is 6.81. The molecule has 2 aliphatic carbocycles. The molecule has 2 N–H and O–H groups in total. The first-order chi connectivity index (χ1) is 7.81. The van der Waals surface area contributed by atoms with E-state index in [2.05, 4.69) is 15.5 Å². The molecular weight excluding hydrogens is 222 g/mol. The van der Waals surface area contributed by atoms with Crippen LogP contribution in [0.3, 0.4) is 0 Å². The van der Waals surface area contributed by atoms with E-state index in [1.165, 1.54) is 30.7 Å². The summed E-state index contributed by atoms with van der Waals surface area (Å²) >= 11 is 1.69. The molecule has 0 amide bonds. The molecule has 2 aliphatic rings. The first-order valence-electron chi connectivity index (χ1n) is 5.99. The lowest BCUT2D eigenvalue weighted by atomic mass is 10.0. The minimum atomic E-state index is 0.297. The third-order valence-corrected chi connectivity index (χ3v) is 4.62. The molecule has 2 saturated carbocycles. The fourth-order valence-corrected chi connectivity index (χ4v) is 2.90. The molecule has 5 heteroatoms. The summed E-state index contributed by atoms with van der Waals surface area (Å²) in [6.45, 7) is 1.23. The smallest absolute Gasteiger partial charge is 0.205 e. The van der Waals surface area contributed by atoms with Crippen LogP contribution in [0, 0.1) is 5.41 Å². The summed E-state index contributed by atoms with van der Waals surface area (Å²) in [6.07, 6.45) is 5.93. The van der Waals surface area contributed by atoms with E-state index in [9.17, 15) is 0 Å². The van der Waals surface area contributed by atoms with Crippen LogP contribution in [0.2, 0.25) is 0 Å². The Kier molecular flexibility index (Phi) is 2.59. The van der Waals surface area contributed by atoms with Crippen LogP contribution in [-0.4, -0.2) is 28.5 Å². The van der Waals surface area contributed by atoms with Crippen LogP contribution in [0.25, 0.3) is 0 Å². The van der Waals surface area contributed by atoms with E-state index in [1.807, 2.05) is 0 Å². The van der Waals surface area contributed by atoms with Crippen LogP contribution < -0.4 is 5.32 Å². The zero-order chi connectivity index (χ0) is 11.0. The van der Waals surface area contributed by atoms with Gasteiger partial charge in [-0.15, -0.1) is 10.2 Å². The minimum Gasteiger partial charge on any atom is -0.396 e. The number of nitrogens with one attached hydrogen (secondary N) is 1. The first kappa shape index (κ1) is 10.5. The van der Waals surface area contributed by atoms with E-state index in [0.29, 0.717) is 17.9 Å². The van der Waals surface area contributed by atoms with Crippen molar-refractivity contribution in [2.24, 2.45) is 5.41 Å². The zero-order valence-corrected chi connectivity index (χ0v) is 10.1. The van der Waals surface area contributed by atoms with E-state index in [0.717, 1.165) is 18.1 Å². The van der Waals surface area contributed by atoms with Gasteiger partial charge in [-0.2, -0.15) is 0 Å². The summed E-state index contributed by atoms with van der Waals surface area (Å²) in [5.74, 6) is 0.695. The van der Waals surface area contributed by atoms with E-state index >= 15 is 0 Å². The largest absolute Gasteiger partial charge is 0.396 e. The summed E-state index contributed by atoms with van der Waals surface area (Å²) in [5.41, 5.74) is 0.347. The number of anilines is 1. The third kappa shape index (κ3) is 2.20. The molecule has 1 aromatic rings. The monoisotopic (exact) mass is 239 g/mol. The van der Waals surface area contributed by atoms with Gasteiger partial charge >= 0.3 is 0 Å². The van der Waals surface area contributed by atoms with Crippen molar-refractivity contribution < 1.29 is 5.11 Å². The van der Waals surface area contributed by atoms with Crippen molar-refractivity contribution in [2.75, 3.05) is 18.5 Å². The molecule has 2 fully saturated rings. The molecular formula is C11H17N3OS. The second kappa shape index (κ2) is 3.96. The van der Waals surface area contributed by atoms with Gasteiger partial charge in [0.05, 0.1) is 0 Å². The van der Waals surface area contributed by atoms with Crippen molar-refractivity contribution >= 4 is 16.5 Å². The molecule has 16 heavy (non-hydrogen) atoms. The van der Waals surface area contributed by atoms with Gasteiger partial charge in [0.1, 0.15) is 5.01 Å². The van der Waals surface area contributed by atoms with Crippen LogP contribution >= 0.6 is 11.3 Å². The number of aliphatic hydroxyl groups is 1. The molecule has 1 heterocycles. The van der Waals surface area contributed by atoms with E-state index < -0.39 is 0 Å². The lowest BCUT2D eigenvalue weighted by molar-refractivity contribution is 0.253. The molecule has 4 nitrogen and oxygen atoms in total. The molecule has 0 aromatic carbocycles. The van der Waals surface area contributed by atoms with Crippen molar-refractivity contribution in [1.82, 2.24) is 10.2 Å². The molecule has 0 aliphatic heterocycles. The van der Waals surface area contributed by atoms with Gasteiger partial charge in [-0.1, -0.05) is 11.3 Å². The van der Waals surface area contributed by atoms with Crippen molar-refractivity contribution in [3.05, 3.63) is 5.01 Å². The van der Waals surface area contributed by atoms with Crippen molar-refractivity contribution in [1.29, 1.82) is 0 Å². The molecule has 0 unspecified atom stereocenters. The summed E-state index contributed by atoms with van der Waals surface area (Å²) < 4.78 is 0. The van der Waals surface area contributed by atoms with Gasteiger partial charge in [-0.3, -0.25) is 0 Å². The molecule has 0 spiro atoms. The van der Waals surface area contributed by atoms with Crippen LogP contribution in [0.5, 0.6) is 0 Å². The Morgan fingerprint density at radius 3 is 2.81 bits per heavy atom. The Hall–Kier alpha value is -0.680. The number of aromatic nitrogens is 2. The van der Waals surface area contributed by atoms with Gasteiger partial charge in [-0.25, -0.2) is 0 Å². The second-order valence-corrected chi connectivity index (χ2v) is 6.06. The van der Waals surface area contributed by atoms with E-state index in [-0.39, 0.29) is 0 Å². The number of aliphatic hydroxyl groups excluding tert-OH is 1. The fraction of sp³-hybridized carbons (Fsp3) is 0.818. The molecule has 1 aromatic heterocycles. The Morgan fingerprint density at radius 2 is 2.19 bits per heavy atom. The predicted octanol–water partition coefficient (Wildman–Crippen LogP) is 1.99. The fourth-order valence-electron chi connectivity index (χ4n) is 1.99. The summed E-state index contributed by atoms with van der Waals surface area (Å²) in [5, 5.41) is 22.8. The highest BCUT2D eigenvalue weighted by Crippen LogP contribution is 2.49. The number of hydrogen-bond donors (Lipinski definition) is 2. The van der Waals surface area contributed by atoms with E-state index in [1.54, 1.807) is 11.3 Å². The van der Waals surface area contributed by atoms with Gasteiger partial charge in [0.2, 0.25) is 5.13 Å². The molecule has 0 radical (unpaired) electrons. The Labute approximate surface area is 99.1 Å². The topological polar surface area (TPSA) is 58.0 Å². The number of rotatable bonds is 6. The molecule has 0 atom stereocenters. The maximum absolute atomic E-state index is 8.97. The number of hydrogen-bond acceptors (Lipinski definition) is 5. The van der Waals surface area contributed by atoms with Crippen LogP contribution in [0.1, 0.15) is 43.0 Å². The summed E-state index contributed by atoms with van der Waals surface area (Å²) in [6, 6.07) is 0. The van der Waals surface area contributed by atoms with Crippen LogP contribution in [0.15, 0.2) is 0 Å². The highest BCUT2D eigenvalue weighted by atomic mass is 32.1. The van der Waals surface area contributed by atoms with Gasteiger partial charge in [0, 0.05) is 19.1 Å². The van der Waals surface area contributed by atoms with Gasteiger partial charge in [0.25, 0.3) is 0 Å². The van der Waals surface area contributed by atoms with Crippen molar-refractivity contribution in [3.8, 4) is 0 Å². The maximum atomic E-state index is 8.97. The third-order valence-electron chi connectivity index (χ3n) is 3.58. The van der Waals surface area contributed by atoms with Crippen molar-refractivity contribution in [3.63, 3.8) is 0 Å². The summed E-state index contributed by atoms with van der Waals surface area (Å²) in [7, 11) is 0. The van der Waals surface area contributed by atoms with Gasteiger partial charge in [0.15, 0.2) is 0 Å². The van der Waals surface area contributed by atoms with Crippen molar-refractivity contribution in [2.45, 2.75) is 38.0 Å². The van der Waals surface area contributed by atoms with E-state index in [4.69, 9.17) is 5.11 Å². The maximum Gasteiger partial charge on any atom is 0.205 e. The van der Waals surface area contributed by atoms with Gasteiger partial charge in [-0.05, 0) is 37.5 Å². The molecule has 88 valence electrons. The average Bonchev–Trinajstić information content (AvgIpc) is 3.20. The molecule has 0 bridgehead atoms. The standard InChI is InChI=1S/C11H17N3OS/c15-6-5-11(3-4-11)7-12-10-14-13-9(16-10)8-1-2-8/h8,15H,1-7H2,(H,12,14). The SMILES string of the molecule is OCCC1(CNc2nnc(C3CC3)s2)CC1. The Balaban J connectivity index is 1.53. The number of nitrogens with zero attached hydrogens (tertiary/aromatic N) is 2. The summed E-state index contributed by atoms with van der Waals surface area (Å²) in [4.78, 5) is 0. The normalized spacial score (nSPS) is 22.1. The lowest BCUT2D eigenvalue weighted by Gasteiger charge is -2.13. The highest BCUT2D eigenvalue weighted by Gasteiger charge is 2.41. The van der Waals surface area contributed by atoms with Gasteiger partial charge < -0.3 is 10.4 Å². The Morgan fingerprint density at radius 1 is 1.38 bits per heavy atom. The molecule has 3 rings (SSSR count). The minimum absolute atomic E-state index is 0.297. The quantitative estimate of drug-likeness (QED) is 0.797. The highest BCUT2D eigenvalue weighted by molar-refractivity contribution is 7.15. The van der Waals surface area contributed by atoms with Crippen LogP contribution in [0.4, 0.5) is 5.13 Å². The average molecular weight is 239 g/mol. The zero-order valence-electron chi connectivity index (χ0n) is 9.28.